The van der Waals surface area contributed by atoms with E-state index in [4.69, 9.17) is 16.6 Å². The minimum Gasteiger partial charge on any atom is -0.453 e. The van der Waals surface area contributed by atoms with Crippen molar-refractivity contribution >= 4 is 45.0 Å². The topological polar surface area (TPSA) is 135 Å². The van der Waals surface area contributed by atoms with Crippen molar-refractivity contribution in [2.24, 2.45) is 0 Å². The summed E-state index contributed by atoms with van der Waals surface area (Å²) in [5.41, 5.74) is 1.02. The molecule has 0 aliphatic heterocycles. The molecule has 0 spiro atoms. The number of carbonyl (C=O) groups excluding carboxylic acids is 1. The van der Waals surface area contributed by atoms with Gasteiger partial charge in [0.15, 0.2) is 0 Å². The van der Waals surface area contributed by atoms with Gasteiger partial charge in [0.1, 0.15) is 10.7 Å². The predicted molar refractivity (Wildman–Crippen MR) is 135 cm³/mol. The van der Waals surface area contributed by atoms with Crippen molar-refractivity contribution in [2.75, 3.05) is 26.0 Å². The lowest BCUT2D eigenvalue weighted by molar-refractivity contribution is 0.168. The molecule has 2 heterocycles. The van der Waals surface area contributed by atoms with Gasteiger partial charge < -0.3 is 15.4 Å². The molecule has 1 amide bonds. The summed E-state index contributed by atoms with van der Waals surface area (Å²) in [5, 5.41) is 6.42. The molecule has 1 aliphatic rings. The van der Waals surface area contributed by atoms with E-state index in [2.05, 4.69) is 30.1 Å². The van der Waals surface area contributed by atoms with Gasteiger partial charge in [0.05, 0.1) is 33.4 Å². The fraction of sp³-hybridized carbons (Fsp3) is 0.364. The lowest BCUT2D eigenvalue weighted by atomic mass is 10.1. The van der Waals surface area contributed by atoms with Gasteiger partial charge in [-0.1, -0.05) is 11.6 Å². The van der Waals surface area contributed by atoms with Crippen molar-refractivity contribution in [2.45, 2.75) is 36.6 Å². The van der Waals surface area contributed by atoms with Crippen LogP contribution in [0.5, 0.6) is 0 Å². The molecule has 36 heavy (non-hydrogen) atoms. The zero-order valence-corrected chi connectivity index (χ0v) is 22.0. The van der Waals surface area contributed by atoms with Crippen molar-refractivity contribution in [1.82, 2.24) is 25.0 Å². The second kappa shape index (κ2) is 10.6. The lowest BCUT2D eigenvalue weighted by Gasteiger charge is -2.14. The number of alkyl carbamates (subject to hydrolysis) is 1. The number of thiazole rings is 1. The first-order chi connectivity index (χ1) is 17.1. The summed E-state index contributed by atoms with van der Waals surface area (Å²) in [6.45, 7) is 2.13. The van der Waals surface area contributed by atoms with Crippen molar-refractivity contribution < 1.29 is 22.3 Å². The van der Waals surface area contributed by atoms with E-state index in [1.165, 1.54) is 31.6 Å². The molecule has 3 aromatic rings. The smallest absolute Gasteiger partial charge is 0.407 e. The van der Waals surface area contributed by atoms with Crippen LogP contribution in [0.25, 0.3) is 21.8 Å². The van der Waals surface area contributed by atoms with Crippen molar-refractivity contribution in [3.63, 3.8) is 0 Å². The number of methoxy groups -OCH3 is 1. The van der Waals surface area contributed by atoms with Gasteiger partial charge in [0, 0.05) is 30.3 Å². The van der Waals surface area contributed by atoms with E-state index in [0.29, 0.717) is 34.7 Å². The van der Waals surface area contributed by atoms with E-state index in [0.717, 1.165) is 23.9 Å². The van der Waals surface area contributed by atoms with Crippen LogP contribution in [-0.2, 0) is 14.8 Å². The number of nitrogens with one attached hydrogen (secondary N) is 3. The van der Waals surface area contributed by atoms with Crippen LogP contribution in [-0.4, -0.2) is 56.2 Å². The number of ether oxygens (including phenoxy) is 1. The second-order valence-corrected chi connectivity index (χ2v) is 11.4. The largest absolute Gasteiger partial charge is 0.453 e. The molecule has 2 aromatic heterocycles. The van der Waals surface area contributed by atoms with Crippen LogP contribution < -0.4 is 15.4 Å². The Kier molecular flexibility index (Phi) is 7.73. The average Bonchev–Trinajstić information content (AvgIpc) is 3.62. The van der Waals surface area contributed by atoms with E-state index in [1.807, 2.05) is 0 Å². The van der Waals surface area contributed by atoms with Gasteiger partial charge in [-0.05, 0) is 45.0 Å². The molecule has 0 radical (unpaired) electrons. The first kappa shape index (κ1) is 26.2. The van der Waals surface area contributed by atoms with Crippen molar-refractivity contribution in [3.05, 3.63) is 40.2 Å². The predicted octanol–water partition coefficient (Wildman–Crippen LogP) is 4.00. The molecule has 0 unspecified atom stereocenters. The summed E-state index contributed by atoms with van der Waals surface area (Å²) in [5.74, 6) is -0.158. The van der Waals surface area contributed by atoms with Gasteiger partial charge in [0.2, 0.25) is 16.0 Å². The van der Waals surface area contributed by atoms with Crippen LogP contribution in [0.15, 0.2) is 29.3 Å². The Labute approximate surface area is 216 Å². The second-order valence-electron chi connectivity index (χ2n) is 8.16. The van der Waals surface area contributed by atoms with E-state index >= 15 is 0 Å². The molecule has 1 atom stereocenters. The van der Waals surface area contributed by atoms with Crippen LogP contribution >= 0.6 is 22.9 Å². The quantitative estimate of drug-likeness (QED) is 0.361. The van der Waals surface area contributed by atoms with Gasteiger partial charge >= 0.3 is 6.09 Å². The summed E-state index contributed by atoms with van der Waals surface area (Å²) in [4.78, 5) is 25.2. The monoisotopic (exact) mass is 554 g/mol. The highest BCUT2D eigenvalue weighted by molar-refractivity contribution is 7.89. The third-order valence-electron chi connectivity index (χ3n) is 5.39. The minimum atomic E-state index is -4.01. The number of hydrogen-bond donors (Lipinski definition) is 3. The maximum absolute atomic E-state index is 14.6. The Morgan fingerprint density at radius 2 is 2.08 bits per heavy atom. The molecular weight excluding hydrogens is 531 g/mol. The van der Waals surface area contributed by atoms with Gasteiger partial charge in [-0.3, -0.25) is 0 Å². The van der Waals surface area contributed by atoms with Crippen molar-refractivity contribution in [3.8, 4) is 21.8 Å². The molecule has 1 aliphatic carbocycles. The molecule has 10 nitrogen and oxygen atoms in total. The summed E-state index contributed by atoms with van der Waals surface area (Å²) < 4.78 is 46.2. The molecule has 0 saturated heterocycles. The number of anilines is 1. The normalized spacial score (nSPS) is 14.4. The zero-order chi connectivity index (χ0) is 26.0. The molecule has 1 aromatic carbocycles. The highest BCUT2D eigenvalue weighted by Crippen LogP contribution is 2.48. The number of hydrogen-bond acceptors (Lipinski definition) is 9. The lowest BCUT2D eigenvalue weighted by Crippen LogP contribution is -2.37. The first-order valence-electron chi connectivity index (χ1n) is 11.0. The summed E-state index contributed by atoms with van der Waals surface area (Å²) >= 11 is 7.91. The molecular formula is C22H24ClFN6O4S2. The average molecular weight is 555 g/mol. The Bertz CT molecular complexity index is 1400. The van der Waals surface area contributed by atoms with Crippen LogP contribution in [0.1, 0.15) is 30.7 Å². The van der Waals surface area contributed by atoms with Gasteiger partial charge in [-0.15, -0.1) is 11.3 Å². The first-order valence-corrected chi connectivity index (χ1v) is 13.7. The molecule has 1 fully saturated rings. The van der Waals surface area contributed by atoms with Crippen LogP contribution in [0, 0.1) is 5.82 Å². The molecule has 3 N–H and O–H groups in total. The number of sulfonamides is 1. The van der Waals surface area contributed by atoms with Gasteiger partial charge in [0.25, 0.3) is 0 Å². The van der Waals surface area contributed by atoms with E-state index in [1.54, 1.807) is 19.2 Å². The summed E-state index contributed by atoms with van der Waals surface area (Å²) in [6, 6.07) is 3.48. The minimum absolute atomic E-state index is 0.130. The number of benzene rings is 1. The van der Waals surface area contributed by atoms with E-state index in [9.17, 15) is 17.6 Å². The van der Waals surface area contributed by atoms with Crippen LogP contribution in [0.4, 0.5) is 15.1 Å². The standard InChI is InChI=1S/C22H24ClFN6O4S2/c1-11(28-22(31)34-3)10-27-21-26-7-6-15(29-21)19-18(30-20(35-19)12-4-5-12)14-8-13(24)9-16(17(14)23)36(32,33)25-2/h6-9,11-12,25H,4-5,10H2,1-3H3,(H,28,31)(H,26,27,29)/t11-/m0/s1. The molecule has 0 bridgehead atoms. The maximum atomic E-state index is 14.6. The van der Waals surface area contributed by atoms with E-state index in [-0.39, 0.29) is 21.5 Å². The zero-order valence-electron chi connectivity index (χ0n) is 19.6. The fourth-order valence-corrected chi connectivity index (χ4v) is 5.92. The molecule has 192 valence electrons. The fourth-order valence-electron chi connectivity index (χ4n) is 3.37. The number of aromatic nitrogens is 3. The highest BCUT2D eigenvalue weighted by atomic mass is 35.5. The Hall–Kier alpha value is -2.87. The third kappa shape index (κ3) is 5.75. The maximum Gasteiger partial charge on any atom is 0.407 e. The number of amides is 1. The number of rotatable bonds is 9. The van der Waals surface area contributed by atoms with Crippen molar-refractivity contribution in [1.29, 1.82) is 0 Å². The van der Waals surface area contributed by atoms with Crippen LogP contribution in [0.3, 0.4) is 0 Å². The number of halogens is 2. The number of nitrogens with zero attached hydrogens (tertiary/aromatic N) is 3. The molecule has 4 rings (SSSR count). The SMILES string of the molecule is CNS(=O)(=O)c1cc(F)cc(-c2nc(C3CC3)sc2-c2ccnc(NC[C@H](C)NC(=O)OC)n2)c1Cl. The summed E-state index contributed by atoms with van der Waals surface area (Å²) in [6.07, 6.45) is 3.00. The molecule has 14 heteroatoms. The summed E-state index contributed by atoms with van der Waals surface area (Å²) in [7, 11) is -1.50. The Balaban J connectivity index is 1.73. The number of carbonyl (C=O) groups is 1. The Morgan fingerprint density at radius 1 is 1.33 bits per heavy atom. The highest BCUT2D eigenvalue weighted by Gasteiger charge is 2.31. The van der Waals surface area contributed by atoms with E-state index < -0.39 is 21.9 Å². The third-order valence-corrected chi connectivity index (χ3v) is 8.59. The van der Waals surface area contributed by atoms with Gasteiger partial charge in [-0.2, -0.15) is 0 Å². The van der Waals surface area contributed by atoms with Gasteiger partial charge in [-0.25, -0.2) is 37.3 Å². The van der Waals surface area contributed by atoms with Crippen LogP contribution in [0.2, 0.25) is 5.02 Å². The Morgan fingerprint density at radius 3 is 2.75 bits per heavy atom. The molecule has 1 saturated carbocycles.